The molecule has 1 fully saturated rings. The first kappa shape index (κ1) is 115. The van der Waals surface area contributed by atoms with Crippen molar-refractivity contribution < 1.29 is 117 Å². The van der Waals surface area contributed by atoms with Crippen LogP contribution in [0.2, 0.25) is 0 Å². The predicted octanol–water partition coefficient (Wildman–Crippen LogP) is 4.66. The van der Waals surface area contributed by atoms with E-state index >= 15 is 0 Å². The van der Waals surface area contributed by atoms with Gasteiger partial charge >= 0.3 is 35.8 Å². The fraction of sp³-hybridized carbons (Fsp3) is 0.566. The van der Waals surface area contributed by atoms with Crippen LogP contribution in [0.3, 0.4) is 0 Å². The topological polar surface area (TPSA) is 646 Å². The summed E-state index contributed by atoms with van der Waals surface area (Å²) < 4.78 is 0. The number of nitrogens with two attached hydrogens (primary N) is 5. The lowest BCUT2D eigenvalue weighted by Crippen LogP contribution is -2.45. The highest BCUT2D eigenvalue weighted by molar-refractivity contribution is 6.24. The molecule has 674 valence electrons. The summed E-state index contributed by atoms with van der Waals surface area (Å²) in [6.07, 6.45) is 1.48. The molecule has 2 aliphatic rings. The molecular formula is C83H133N13O24. The first-order valence-corrected chi connectivity index (χ1v) is 39.4. The van der Waals surface area contributed by atoms with E-state index in [1.807, 2.05) is 62.3 Å². The Bertz CT molecular complexity index is 4050. The van der Waals surface area contributed by atoms with Crippen LogP contribution in [0.15, 0.2) is 0 Å². The molecule has 5 rings (SSSR count). The van der Waals surface area contributed by atoms with E-state index in [1.54, 1.807) is 69.2 Å². The smallest absolute Gasteiger partial charge is 0.326 e. The van der Waals surface area contributed by atoms with Crippen molar-refractivity contribution >= 4 is 106 Å². The third-order valence-corrected chi connectivity index (χ3v) is 18.7. The molecule has 9 amide bonds. The lowest BCUT2D eigenvalue weighted by Gasteiger charge is -2.22. The molecule has 0 radical (unpaired) electrons. The minimum Gasteiger partial charge on any atom is -0.480 e. The number of aliphatic carboxylic acids is 6. The number of rotatable bonds is 32. The molecule has 6 unspecified atom stereocenters. The summed E-state index contributed by atoms with van der Waals surface area (Å²) in [4.78, 5) is 208. The van der Waals surface area contributed by atoms with E-state index in [-0.39, 0.29) is 144 Å². The van der Waals surface area contributed by atoms with Crippen molar-refractivity contribution in [2.45, 2.75) is 266 Å². The fourth-order valence-electron chi connectivity index (χ4n) is 11.3. The van der Waals surface area contributed by atoms with Crippen LogP contribution in [-0.2, 0) is 57.5 Å². The van der Waals surface area contributed by atoms with Gasteiger partial charge in [0.1, 0.15) is 53.6 Å². The van der Waals surface area contributed by atoms with Gasteiger partial charge in [-0.1, -0.05) is 20.8 Å². The number of Topliss-reactive ketones (excluding diaryl/α,β-unsaturated/α-hetero) is 3. The molecule has 23 N–H and O–H groups in total. The Hall–Kier alpha value is -11.3. The largest absolute Gasteiger partial charge is 0.480 e. The van der Waals surface area contributed by atoms with Crippen molar-refractivity contribution in [3.63, 3.8) is 0 Å². The van der Waals surface area contributed by atoms with Gasteiger partial charge < -0.3 is 111 Å². The van der Waals surface area contributed by atoms with Crippen LogP contribution in [0.5, 0.6) is 0 Å². The summed E-state index contributed by atoms with van der Waals surface area (Å²) >= 11 is 0. The molecule has 1 saturated heterocycles. The highest BCUT2D eigenvalue weighted by Gasteiger charge is 2.45. The van der Waals surface area contributed by atoms with Gasteiger partial charge in [0.2, 0.25) is 17.7 Å². The average Bonchev–Trinajstić information content (AvgIpc) is 1.58. The maximum Gasteiger partial charge on any atom is 0.326 e. The van der Waals surface area contributed by atoms with E-state index in [9.17, 15) is 102 Å². The normalized spacial score (nSPS) is 13.0. The van der Waals surface area contributed by atoms with Crippen LogP contribution in [0.25, 0.3) is 0 Å². The van der Waals surface area contributed by atoms with Gasteiger partial charge in [-0.3, -0.25) is 57.6 Å². The number of carboxylic acid groups (broad SMARTS) is 6. The van der Waals surface area contributed by atoms with Crippen LogP contribution in [0.4, 0.5) is 0 Å². The second-order valence-corrected chi connectivity index (χ2v) is 27.8. The minimum atomic E-state index is -1.33. The number of carbonyl (C=O) groups excluding carboxylic acids is 12. The standard InChI is InChI=1S/C21H31N3O5.C20H28N2O5.C18H21NO5.C7H14N2O3.C6H11NO3.C5H7NO3.3C2H7N/c1-7-22-16(25)10-9-15(21(28)29)24-20(27)18-14(6)12(4)11(3)13(5)17(18)19(26)23-8-2;1-7-21-18(24)16-13(5)11(3)12(4)14(6)17(16)19(25)22-15(20(26)27)9-8-10(2)23;1-8(20)6-7-13(18(23)24)19-16(21)14-11(4)9(2)10(3)12(5)15(14)17(19)22;1-2-9-6(10)4-3-5(8)7(11)12;1-4(8)2-3-5(7)6(9)10;7-4-2-1-3(6-4)5(8)9;3*1-2-3/h15H,7-10H2,1-6H3,(H,22,25)(H,23,26)(H,24,27)(H,28,29);15H,7-9H2,1-6H3,(H,21,24)(H,22,25)(H,26,27);13H,6-7H2,1-5H3,(H,23,24);5H,2-4,8H2,1H3,(H,9,10)(H,11,12);5H,2-3,7H2,1H3,(H,9,10);3H,1-2H2,(H,6,7)(H,8,9);3*2-3H2,1H3. The van der Waals surface area contributed by atoms with Crippen LogP contribution in [-0.4, -0.2) is 224 Å². The van der Waals surface area contributed by atoms with Crippen LogP contribution in [0, 0.1) is 83.1 Å². The van der Waals surface area contributed by atoms with Gasteiger partial charge in [-0.2, -0.15) is 0 Å². The summed E-state index contributed by atoms with van der Waals surface area (Å²) in [5.41, 5.74) is 35.7. The summed E-state index contributed by atoms with van der Waals surface area (Å²) in [6.45, 7) is 42.8. The van der Waals surface area contributed by atoms with Crippen molar-refractivity contribution in [3.05, 3.63) is 100 Å². The van der Waals surface area contributed by atoms with Gasteiger partial charge in [-0.25, -0.2) is 19.2 Å². The highest BCUT2D eigenvalue weighted by Crippen LogP contribution is 2.36. The molecule has 0 saturated carbocycles. The zero-order valence-corrected chi connectivity index (χ0v) is 73.8. The summed E-state index contributed by atoms with van der Waals surface area (Å²) in [7, 11) is 0. The van der Waals surface area contributed by atoms with Gasteiger partial charge in [0.25, 0.3) is 35.4 Å². The number of nitrogens with one attached hydrogen (secondary N) is 7. The third-order valence-electron chi connectivity index (χ3n) is 18.7. The van der Waals surface area contributed by atoms with E-state index < -0.39 is 95.7 Å². The third kappa shape index (κ3) is 39.1. The number of fused-ring (bicyclic) bond motifs is 1. The second kappa shape index (κ2) is 59.4. The molecule has 2 aliphatic heterocycles. The van der Waals surface area contributed by atoms with E-state index in [0.717, 1.165) is 57.9 Å². The summed E-state index contributed by atoms with van der Waals surface area (Å²) in [5.74, 6) is -11.0. The van der Waals surface area contributed by atoms with Crippen molar-refractivity contribution in [1.82, 2.24) is 42.1 Å². The maximum atomic E-state index is 13.0. The van der Waals surface area contributed by atoms with Crippen molar-refractivity contribution in [2.75, 3.05) is 45.8 Å². The molecular weight excluding hydrogens is 1560 g/mol. The van der Waals surface area contributed by atoms with Crippen molar-refractivity contribution in [2.24, 2.45) is 28.7 Å². The summed E-state index contributed by atoms with van der Waals surface area (Å²) in [5, 5.41) is 71.1. The van der Waals surface area contributed by atoms with Gasteiger partial charge in [-0.05, 0) is 256 Å². The second-order valence-electron chi connectivity index (χ2n) is 27.8. The number of carbonyl (C=O) groups is 18. The Morgan fingerprint density at radius 2 is 0.642 bits per heavy atom. The Morgan fingerprint density at radius 3 is 0.892 bits per heavy atom. The molecule has 0 bridgehead atoms. The van der Waals surface area contributed by atoms with E-state index in [2.05, 4.69) is 37.2 Å². The molecule has 2 heterocycles. The molecule has 3 aromatic carbocycles. The Labute approximate surface area is 702 Å². The molecule has 120 heavy (non-hydrogen) atoms. The van der Waals surface area contributed by atoms with E-state index in [1.165, 1.54) is 20.8 Å². The molecule has 0 aliphatic carbocycles. The molecule has 37 nitrogen and oxygen atoms in total. The first-order valence-electron chi connectivity index (χ1n) is 39.4. The number of hydrogen-bond donors (Lipinski definition) is 18. The van der Waals surface area contributed by atoms with Gasteiger partial charge in [0, 0.05) is 64.7 Å². The monoisotopic (exact) mass is 1700 g/mol. The molecule has 0 spiro atoms. The highest BCUT2D eigenvalue weighted by atomic mass is 16.4. The SMILES string of the molecule is CC(=O)CCC(C(=O)O)N1C(=O)c2c(C)c(C)c(C)c(C)c2C1=O.CC(=O)CCC(N)C(=O)O.CCN.CCN.CCN.CCNC(=O)CCC(N)C(=O)O.CCNC(=O)CCC(NC(=O)c1c(C)c(C)c(C)c(C)c1C(=O)NCC)C(=O)O.CCNC(=O)c1c(C)c(C)c(C)c(C)c1C(=O)NC(CCC(C)=O)C(=O)O.O=C1CCC(C(=O)O)N1. The van der Waals surface area contributed by atoms with Gasteiger partial charge in [0.05, 0.1) is 33.4 Å². The Morgan fingerprint density at radius 1 is 0.375 bits per heavy atom. The quantitative estimate of drug-likeness (QED) is 0.0378. The zero-order chi connectivity index (χ0) is 94.2. The zero-order valence-electron chi connectivity index (χ0n) is 73.8. The van der Waals surface area contributed by atoms with Crippen molar-refractivity contribution in [3.8, 4) is 0 Å². The van der Waals surface area contributed by atoms with Gasteiger partial charge in [-0.15, -0.1) is 0 Å². The Balaban J connectivity index is -0.000000688. The average molecular weight is 1700 g/mol. The van der Waals surface area contributed by atoms with Crippen molar-refractivity contribution in [1.29, 1.82) is 0 Å². The molecule has 6 atom stereocenters. The van der Waals surface area contributed by atoms with E-state index in [0.29, 0.717) is 72.4 Å². The fourth-order valence-corrected chi connectivity index (χ4v) is 11.3. The van der Waals surface area contributed by atoms with E-state index in [4.69, 9.17) is 44.0 Å². The number of ketones is 3. The predicted molar refractivity (Wildman–Crippen MR) is 452 cm³/mol. The molecule has 3 aromatic rings. The Kier molecular flexibility index (Phi) is 56.9. The van der Waals surface area contributed by atoms with Crippen LogP contribution in [0.1, 0.15) is 275 Å². The lowest BCUT2D eigenvalue weighted by atomic mass is 9.87. The molecule has 0 aromatic heterocycles. The maximum absolute atomic E-state index is 13.0. The lowest BCUT2D eigenvalue weighted by molar-refractivity contribution is -0.142. The number of benzene rings is 3. The minimum absolute atomic E-state index is 0.000389. The number of hydrogen-bond acceptors (Lipinski definition) is 23. The number of nitrogens with zero attached hydrogens (tertiary/aromatic N) is 1. The number of carboxylic acids is 6. The molecule has 37 heteroatoms. The summed E-state index contributed by atoms with van der Waals surface area (Å²) in [6, 6.07) is -6.26. The first-order chi connectivity index (χ1) is 55.7. The van der Waals surface area contributed by atoms with Crippen LogP contribution < -0.4 is 65.9 Å². The number of imide groups is 1. The van der Waals surface area contributed by atoms with Gasteiger partial charge in [0.15, 0.2) is 0 Å². The van der Waals surface area contributed by atoms with Crippen LogP contribution >= 0.6 is 0 Å². The number of amides is 9.